The van der Waals surface area contributed by atoms with Gasteiger partial charge in [0.05, 0.1) is 11.3 Å². The number of hydrogen-bond acceptors (Lipinski definition) is 2. The second kappa shape index (κ2) is 7.04. The van der Waals surface area contributed by atoms with Crippen molar-refractivity contribution in [2.75, 3.05) is 16.8 Å². The van der Waals surface area contributed by atoms with Crippen molar-refractivity contribution in [2.45, 2.75) is 25.8 Å². The fraction of sp³-hybridized carbons (Fsp3) is 0.278. The molecule has 2 aromatic carbocycles. The molecule has 0 atom stereocenters. The van der Waals surface area contributed by atoms with Crippen LogP contribution in [-0.4, -0.2) is 12.6 Å². The number of benzene rings is 2. The third-order valence-electron chi connectivity index (χ3n) is 4.27. The highest BCUT2D eigenvalue weighted by molar-refractivity contribution is 5.92. The maximum absolute atomic E-state index is 13.6. The van der Waals surface area contributed by atoms with Crippen LogP contribution >= 0.6 is 0 Å². The van der Waals surface area contributed by atoms with E-state index in [2.05, 4.69) is 5.32 Å². The second-order valence-corrected chi connectivity index (χ2v) is 5.95. The average Bonchev–Trinajstić information content (AvgIpc) is 2.58. The highest BCUT2D eigenvalue weighted by atomic mass is 19.3. The second-order valence-electron chi connectivity index (χ2n) is 5.95. The minimum absolute atomic E-state index is 0.274. The van der Waals surface area contributed by atoms with Gasteiger partial charge >= 0.3 is 6.03 Å². The molecule has 0 saturated carbocycles. The van der Waals surface area contributed by atoms with Crippen molar-refractivity contribution in [2.24, 2.45) is 5.73 Å². The third-order valence-corrected chi connectivity index (χ3v) is 4.27. The molecular weight excluding hydrogens is 331 g/mol. The molecule has 1 aliphatic heterocycles. The quantitative estimate of drug-likeness (QED) is 0.869. The van der Waals surface area contributed by atoms with Gasteiger partial charge in [-0.2, -0.15) is 0 Å². The Morgan fingerprint density at radius 1 is 1.24 bits per heavy atom. The van der Waals surface area contributed by atoms with Gasteiger partial charge in [0, 0.05) is 18.8 Å². The molecule has 0 unspecified atom stereocenters. The lowest BCUT2D eigenvalue weighted by atomic mass is 10.0. The summed E-state index contributed by atoms with van der Waals surface area (Å²) in [6.45, 7) is 0.849. The van der Waals surface area contributed by atoms with Crippen LogP contribution in [-0.2, 0) is 13.0 Å². The number of urea groups is 1. The molecule has 0 bridgehead atoms. The standard InChI is InChI=1S/C18H18F3N3O/c19-15-8-11(3-6-14(15)17(20)21)10-23-13-5-4-12-2-1-7-24(18(22)25)16(12)9-13/h3-6,8-9,17,23H,1-2,7,10H2,(H2,22,25). The summed E-state index contributed by atoms with van der Waals surface area (Å²) in [5.41, 5.74) is 7.91. The van der Waals surface area contributed by atoms with Crippen molar-refractivity contribution >= 4 is 17.4 Å². The molecule has 3 rings (SSSR count). The number of hydrogen-bond donors (Lipinski definition) is 2. The number of alkyl halides is 2. The molecule has 0 fully saturated rings. The first-order valence-electron chi connectivity index (χ1n) is 7.96. The summed E-state index contributed by atoms with van der Waals surface area (Å²) in [5.74, 6) is -0.917. The predicted octanol–water partition coefficient (Wildman–Crippen LogP) is 4.21. The van der Waals surface area contributed by atoms with Gasteiger partial charge in [0.25, 0.3) is 6.43 Å². The molecule has 25 heavy (non-hydrogen) atoms. The first-order valence-corrected chi connectivity index (χ1v) is 7.96. The van der Waals surface area contributed by atoms with Gasteiger partial charge in [-0.05, 0) is 42.2 Å². The molecule has 0 spiro atoms. The number of anilines is 2. The van der Waals surface area contributed by atoms with Crippen molar-refractivity contribution < 1.29 is 18.0 Å². The maximum atomic E-state index is 13.6. The Labute approximate surface area is 143 Å². The smallest absolute Gasteiger partial charge is 0.319 e. The van der Waals surface area contributed by atoms with Crippen LogP contribution in [0.1, 0.15) is 29.5 Å². The van der Waals surface area contributed by atoms with Gasteiger partial charge in [-0.1, -0.05) is 18.2 Å². The Morgan fingerprint density at radius 2 is 2.04 bits per heavy atom. The van der Waals surface area contributed by atoms with Crippen LogP contribution in [0.2, 0.25) is 0 Å². The third kappa shape index (κ3) is 3.70. The minimum Gasteiger partial charge on any atom is -0.381 e. The Morgan fingerprint density at radius 3 is 2.72 bits per heavy atom. The predicted molar refractivity (Wildman–Crippen MR) is 90.4 cm³/mol. The molecule has 2 amide bonds. The SMILES string of the molecule is NC(=O)N1CCCc2ccc(NCc3ccc(C(F)F)c(F)c3)cc21. The molecule has 0 saturated heterocycles. The van der Waals surface area contributed by atoms with Crippen molar-refractivity contribution in [3.8, 4) is 0 Å². The van der Waals surface area contributed by atoms with Gasteiger partial charge in [0.1, 0.15) is 5.82 Å². The summed E-state index contributed by atoms with van der Waals surface area (Å²) in [4.78, 5) is 13.1. The van der Waals surface area contributed by atoms with E-state index >= 15 is 0 Å². The highest BCUT2D eigenvalue weighted by Crippen LogP contribution is 2.30. The Kier molecular flexibility index (Phi) is 4.83. The lowest BCUT2D eigenvalue weighted by Gasteiger charge is -2.28. The summed E-state index contributed by atoms with van der Waals surface area (Å²) >= 11 is 0. The molecule has 3 N–H and O–H groups in total. The fourth-order valence-electron chi connectivity index (χ4n) is 2.98. The van der Waals surface area contributed by atoms with Crippen LogP contribution in [0.5, 0.6) is 0 Å². The number of rotatable bonds is 4. The number of primary amides is 1. The molecule has 1 heterocycles. The number of amides is 2. The maximum Gasteiger partial charge on any atom is 0.319 e. The van der Waals surface area contributed by atoms with Crippen molar-refractivity contribution in [1.82, 2.24) is 0 Å². The van der Waals surface area contributed by atoms with Crippen LogP contribution < -0.4 is 16.0 Å². The molecule has 0 aliphatic carbocycles. The van der Waals surface area contributed by atoms with E-state index in [1.54, 1.807) is 0 Å². The number of aryl methyl sites for hydroxylation is 1. The van der Waals surface area contributed by atoms with Gasteiger partial charge in [-0.25, -0.2) is 18.0 Å². The molecule has 7 heteroatoms. The van der Waals surface area contributed by atoms with E-state index in [1.165, 1.54) is 11.0 Å². The van der Waals surface area contributed by atoms with Crippen molar-refractivity contribution in [3.05, 3.63) is 58.9 Å². The number of fused-ring (bicyclic) bond motifs is 1. The van der Waals surface area contributed by atoms with Crippen LogP contribution in [0.4, 0.5) is 29.3 Å². The molecule has 4 nitrogen and oxygen atoms in total. The van der Waals surface area contributed by atoms with Crippen molar-refractivity contribution in [3.63, 3.8) is 0 Å². The van der Waals surface area contributed by atoms with E-state index in [0.717, 1.165) is 41.9 Å². The number of nitrogens with two attached hydrogens (primary N) is 1. The lowest BCUT2D eigenvalue weighted by Crippen LogP contribution is -2.39. The van der Waals surface area contributed by atoms with E-state index in [9.17, 15) is 18.0 Å². The summed E-state index contributed by atoms with van der Waals surface area (Å²) < 4.78 is 38.8. The van der Waals surface area contributed by atoms with Gasteiger partial charge in [0.2, 0.25) is 0 Å². The zero-order valence-corrected chi connectivity index (χ0v) is 13.4. The van der Waals surface area contributed by atoms with Crippen LogP contribution in [0.25, 0.3) is 0 Å². The van der Waals surface area contributed by atoms with Gasteiger partial charge in [-0.15, -0.1) is 0 Å². The van der Waals surface area contributed by atoms with E-state index in [4.69, 9.17) is 5.73 Å². The largest absolute Gasteiger partial charge is 0.381 e. The molecular formula is C18H18F3N3O. The number of nitrogens with zero attached hydrogens (tertiary/aromatic N) is 1. The highest BCUT2D eigenvalue weighted by Gasteiger charge is 2.20. The number of halogens is 3. The topological polar surface area (TPSA) is 58.4 Å². The van der Waals surface area contributed by atoms with E-state index in [0.29, 0.717) is 12.1 Å². The van der Waals surface area contributed by atoms with Crippen LogP contribution in [0, 0.1) is 5.82 Å². The number of carbonyl (C=O) groups excluding carboxylic acids is 1. The van der Waals surface area contributed by atoms with Gasteiger partial charge < -0.3 is 11.1 Å². The van der Waals surface area contributed by atoms with Gasteiger partial charge in [0.15, 0.2) is 0 Å². The Balaban J connectivity index is 1.75. The summed E-state index contributed by atoms with van der Waals surface area (Å²) in [6.07, 6.45) is -1.10. The zero-order chi connectivity index (χ0) is 18.0. The molecule has 0 aromatic heterocycles. The van der Waals surface area contributed by atoms with Crippen LogP contribution in [0.3, 0.4) is 0 Å². The summed E-state index contributed by atoms with van der Waals surface area (Å²) in [7, 11) is 0. The van der Waals surface area contributed by atoms with Gasteiger partial charge in [-0.3, -0.25) is 4.90 Å². The van der Waals surface area contributed by atoms with E-state index in [1.807, 2.05) is 18.2 Å². The average molecular weight is 349 g/mol. The monoisotopic (exact) mass is 349 g/mol. The Bertz CT molecular complexity index is 795. The molecule has 0 radical (unpaired) electrons. The zero-order valence-electron chi connectivity index (χ0n) is 13.4. The normalized spacial score (nSPS) is 13.7. The van der Waals surface area contributed by atoms with Crippen molar-refractivity contribution in [1.29, 1.82) is 0 Å². The summed E-state index contributed by atoms with van der Waals surface area (Å²) in [5, 5.41) is 3.11. The van der Waals surface area contributed by atoms with E-state index < -0.39 is 23.8 Å². The number of nitrogens with one attached hydrogen (secondary N) is 1. The van der Waals surface area contributed by atoms with Crippen LogP contribution in [0.15, 0.2) is 36.4 Å². The fourth-order valence-corrected chi connectivity index (χ4v) is 2.98. The van der Waals surface area contributed by atoms with E-state index in [-0.39, 0.29) is 6.54 Å². The molecule has 132 valence electrons. The summed E-state index contributed by atoms with van der Waals surface area (Å²) in [6, 6.07) is 8.78. The first-order chi connectivity index (χ1) is 12.0. The first kappa shape index (κ1) is 17.1. The Hall–Kier alpha value is -2.70. The number of carbonyl (C=O) groups is 1. The molecule has 1 aliphatic rings. The minimum atomic E-state index is -2.83. The lowest BCUT2D eigenvalue weighted by molar-refractivity contribution is 0.146. The molecule has 2 aromatic rings.